The van der Waals surface area contributed by atoms with Crippen LogP contribution in [0.25, 0.3) is 0 Å². The van der Waals surface area contributed by atoms with Gasteiger partial charge in [-0.3, -0.25) is 4.79 Å². The third kappa shape index (κ3) is 4.81. The van der Waals surface area contributed by atoms with Crippen molar-refractivity contribution >= 4 is 22.6 Å². The number of phenolic OH excluding ortho intramolecular Hbond substituents is 1. The first-order chi connectivity index (χ1) is 15.4. The summed E-state index contributed by atoms with van der Waals surface area (Å²) in [6.45, 7) is 1.55. The van der Waals surface area contributed by atoms with Crippen LogP contribution in [0.15, 0.2) is 78.9 Å². The topological polar surface area (TPSA) is 60.8 Å². The summed E-state index contributed by atoms with van der Waals surface area (Å²) in [5.74, 6) is -0.381. The van der Waals surface area contributed by atoms with Crippen molar-refractivity contribution in [2.24, 2.45) is 5.92 Å². The second-order valence-electron chi connectivity index (χ2n) is 8.08. The fourth-order valence-corrected chi connectivity index (χ4v) is 5.58. The number of hydrogen-bond acceptors (Lipinski definition) is 5. The third-order valence-electron chi connectivity index (χ3n) is 5.96. The molecule has 2 N–H and O–H groups in total. The second-order valence-corrected chi connectivity index (χ2v) is 9.50. The predicted octanol–water partition coefficient (Wildman–Crippen LogP) is 5.31. The van der Waals surface area contributed by atoms with Crippen LogP contribution in [0.1, 0.15) is 30.5 Å². The highest BCUT2D eigenvalue weighted by Gasteiger charge is 2.52. The average Bonchev–Trinajstić information content (AvgIpc) is 2.78. The number of carbonyl (C=O) groups excluding carboxylic acids is 1. The number of anilines is 1. The molecular weight excluding hydrogens is 425 g/mol. The molecule has 4 nitrogen and oxygen atoms in total. The van der Waals surface area contributed by atoms with Gasteiger partial charge in [-0.05, 0) is 60.4 Å². The van der Waals surface area contributed by atoms with Crippen LogP contribution in [-0.4, -0.2) is 26.8 Å². The highest BCUT2D eigenvalue weighted by molar-refractivity contribution is 8.14. The van der Waals surface area contributed by atoms with Crippen molar-refractivity contribution in [3.63, 3.8) is 0 Å². The summed E-state index contributed by atoms with van der Waals surface area (Å²) in [5, 5.41) is 20.9. The number of aliphatic hydroxyl groups excluding tert-OH is 1. The Balaban J connectivity index is 1.65. The number of rotatable bonds is 7. The molecule has 1 aliphatic heterocycles. The van der Waals surface area contributed by atoms with E-state index >= 15 is 0 Å². The lowest BCUT2D eigenvalue weighted by Crippen LogP contribution is -2.62. The van der Waals surface area contributed by atoms with E-state index in [0.717, 1.165) is 18.4 Å². The normalized spacial score (nSPS) is 21.1. The highest BCUT2D eigenvalue weighted by Crippen LogP contribution is 2.51. The minimum absolute atomic E-state index is 0.0138. The number of aromatic hydroxyl groups is 1. The van der Waals surface area contributed by atoms with Gasteiger partial charge in [-0.15, -0.1) is 0 Å². The largest absolute Gasteiger partial charge is 0.508 e. The molecule has 1 saturated heterocycles. The zero-order valence-corrected chi connectivity index (χ0v) is 18.6. The monoisotopic (exact) mass is 451 g/mol. The number of hydrogen-bond donors (Lipinski definition) is 2. The van der Waals surface area contributed by atoms with Gasteiger partial charge >= 0.3 is 0 Å². The lowest BCUT2D eigenvalue weighted by atomic mass is 9.77. The van der Waals surface area contributed by atoms with Gasteiger partial charge < -0.3 is 15.1 Å². The van der Waals surface area contributed by atoms with Crippen LogP contribution in [0.2, 0.25) is 0 Å². The van der Waals surface area contributed by atoms with Crippen LogP contribution in [0, 0.1) is 11.7 Å². The number of halogens is 1. The first-order valence-electron chi connectivity index (χ1n) is 10.7. The SMILES string of the molecule is CC(=O)SC(CCc1ccccc1)[C@H]1C(O)N(c2ccc(F)cc2)C1c1ccc(O)cc1. The number of aryl methyl sites for hydroxylation is 1. The van der Waals surface area contributed by atoms with Gasteiger partial charge in [-0.25, -0.2) is 4.39 Å². The fourth-order valence-electron chi connectivity index (χ4n) is 4.47. The Morgan fingerprint density at radius 2 is 1.69 bits per heavy atom. The van der Waals surface area contributed by atoms with Crippen LogP contribution in [0.5, 0.6) is 5.75 Å². The maximum absolute atomic E-state index is 13.5. The lowest BCUT2D eigenvalue weighted by Gasteiger charge is -2.56. The molecule has 32 heavy (non-hydrogen) atoms. The standard InChI is InChI=1S/C26H26FNO3S/c1-17(29)32-23(16-7-18-5-3-2-4-6-18)24-25(19-8-14-22(30)15-9-19)28(26(24)31)21-12-10-20(27)11-13-21/h2-6,8-15,23-26,30-31H,7,16H2,1H3/t23?,24-,25?,26?/m1/s1. The molecule has 0 saturated carbocycles. The molecule has 4 atom stereocenters. The van der Waals surface area contributed by atoms with E-state index < -0.39 is 6.23 Å². The highest BCUT2D eigenvalue weighted by atomic mass is 32.2. The van der Waals surface area contributed by atoms with Crippen LogP contribution in [0.4, 0.5) is 10.1 Å². The molecule has 166 valence electrons. The summed E-state index contributed by atoms with van der Waals surface area (Å²) < 4.78 is 13.5. The van der Waals surface area contributed by atoms with Gasteiger partial charge in [0.25, 0.3) is 0 Å². The number of benzene rings is 3. The Hall–Kier alpha value is -2.83. The molecule has 0 amide bonds. The maximum Gasteiger partial charge on any atom is 0.186 e. The van der Waals surface area contributed by atoms with Crippen LogP contribution in [0.3, 0.4) is 0 Å². The van der Waals surface area contributed by atoms with Crippen molar-refractivity contribution < 1.29 is 19.4 Å². The van der Waals surface area contributed by atoms with E-state index in [1.54, 1.807) is 31.2 Å². The van der Waals surface area contributed by atoms with Crippen LogP contribution < -0.4 is 4.90 Å². The molecule has 6 heteroatoms. The molecule has 1 aliphatic rings. The number of thioether (sulfide) groups is 1. The molecule has 3 unspecified atom stereocenters. The second kappa shape index (κ2) is 9.76. The van der Waals surface area contributed by atoms with E-state index in [-0.39, 0.29) is 33.9 Å². The third-order valence-corrected chi connectivity index (χ3v) is 7.14. The molecular formula is C26H26FNO3S. The number of nitrogens with zero attached hydrogens (tertiary/aromatic N) is 1. The Morgan fingerprint density at radius 3 is 2.31 bits per heavy atom. The minimum Gasteiger partial charge on any atom is -0.508 e. The Bertz CT molecular complexity index is 1040. The average molecular weight is 452 g/mol. The molecule has 0 aliphatic carbocycles. The zero-order chi connectivity index (χ0) is 22.7. The summed E-state index contributed by atoms with van der Waals surface area (Å²) in [4.78, 5) is 13.9. The zero-order valence-electron chi connectivity index (χ0n) is 17.8. The molecule has 1 heterocycles. The van der Waals surface area contributed by atoms with Crippen molar-refractivity contribution in [1.29, 1.82) is 0 Å². The van der Waals surface area contributed by atoms with E-state index in [1.807, 2.05) is 35.2 Å². The first-order valence-corrected chi connectivity index (χ1v) is 11.5. The van der Waals surface area contributed by atoms with Crippen molar-refractivity contribution in [2.45, 2.75) is 37.3 Å². The van der Waals surface area contributed by atoms with E-state index in [9.17, 15) is 19.4 Å². The van der Waals surface area contributed by atoms with Gasteiger partial charge in [0.15, 0.2) is 5.12 Å². The molecule has 0 bridgehead atoms. The van der Waals surface area contributed by atoms with Crippen molar-refractivity contribution in [1.82, 2.24) is 0 Å². The van der Waals surface area contributed by atoms with E-state index in [0.29, 0.717) is 5.69 Å². The first kappa shape index (κ1) is 22.4. The van der Waals surface area contributed by atoms with E-state index in [1.165, 1.54) is 29.5 Å². The van der Waals surface area contributed by atoms with Gasteiger partial charge in [0, 0.05) is 23.8 Å². The maximum atomic E-state index is 13.5. The summed E-state index contributed by atoms with van der Waals surface area (Å²) >= 11 is 1.27. The summed E-state index contributed by atoms with van der Waals surface area (Å²) in [5.41, 5.74) is 2.83. The van der Waals surface area contributed by atoms with Gasteiger partial charge in [-0.1, -0.05) is 54.2 Å². The summed E-state index contributed by atoms with van der Waals surface area (Å²) in [7, 11) is 0. The number of phenols is 1. The van der Waals surface area contributed by atoms with Gasteiger partial charge in [0.2, 0.25) is 0 Å². The molecule has 3 aromatic carbocycles. The quantitative estimate of drug-likeness (QED) is 0.510. The lowest BCUT2D eigenvalue weighted by molar-refractivity contribution is -0.109. The van der Waals surface area contributed by atoms with E-state index in [4.69, 9.17) is 0 Å². The molecule has 0 aromatic heterocycles. The summed E-state index contributed by atoms with van der Waals surface area (Å²) in [6.07, 6.45) is 0.724. The minimum atomic E-state index is -0.813. The van der Waals surface area contributed by atoms with Gasteiger partial charge in [-0.2, -0.15) is 0 Å². The van der Waals surface area contributed by atoms with Crippen LogP contribution in [-0.2, 0) is 11.2 Å². The predicted molar refractivity (Wildman–Crippen MR) is 126 cm³/mol. The molecule has 1 fully saturated rings. The Morgan fingerprint density at radius 1 is 1.03 bits per heavy atom. The fraction of sp³-hybridized carbons (Fsp3) is 0.269. The Labute approximate surface area is 191 Å². The molecule has 3 aromatic rings. The van der Waals surface area contributed by atoms with Crippen molar-refractivity contribution in [3.8, 4) is 5.75 Å². The smallest absolute Gasteiger partial charge is 0.186 e. The number of aliphatic hydroxyl groups is 1. The molecule has 4 rings (SSSR count). The van der Waals surface area contributed by atoms with Gasteiger partial charge in [0.05, 0.1) is 6.04 Å². The van der Waals surface area contributed by atoms with Gasteiger partial charge in [0.1, 0.15) is 17.8 Å². The molecule has 0 radical (unpaired) electrons. The van der Waals surface area contributed by atoms with Crippen LogP contribution >= 0.6 is 11.8 Å². The van der Waals surface area contributed by atoms with Crippen molar-refractivity contribution in [2.75, 3.05) is 4.90 Å². The Kier molecular flexibility index (Phi) is 6.82. The van der Waals surface area contributed by atoms with Crippen molar-refractivity contribution in [3.05, 3.63) is 95.8 Å². The van der Waals surface area contributed by atoms with E-state index in [2.05, 4.69) is 12.1 Å². The molecule has 0 spiro atoms. The summed E-state index contributed by atoms with van der Waals surface area (Å²) in [6, 6.07) is 22.9. The number of carbonyl (C=O) groups is 1.